The normalized spacial score (nSPS) is 10.9. The molecule has 0 atom stereocenters. The Morgan fingerprint density at radius 1 is 1.56 bits per heavy atom. The second-order valence-electron chi connectivity index (χ2n) is 4.44. The first-order valence-electron chi connectivity index (χ1n) is 5.75. The molecule has 0 aliphatic rings. The van der Waals surface area contributed by atoms with E-state index in [2.05, 4.69) is 23.8 Å². The molecule has 18 heavy (non-hydrogen) atoms. The van der Waals surface area contributed by atoms with E-state index < -0.39 is 0 Å². The molecule has 0 aliphatic heterocycles. The van der Waals surface area contributed by atoms with E-state index in [1.807, 2.05) is 5.38 Å². The summed E-state index contributed by atoms with van der Waals surface area (Å²) in [7, 11) is 1.76. The molecule has 0 spiro atoms. The molecule has 96 valence electrons. The van der Waals surface area contributed by atoms with Crippen LogP contribution in [0.3, 0.4) is 0 Å². The summed E-state index contributed by atoms with van der Waals surface area (Å²) in [6, 6.07) is -0.105. The van der Waals surface area contributed by atoms with Crippen molar-refractivity contribution in [2.75, 3.05) is 7.05 Å². The SMILES string of the molecule is CC(C)c1nc(CN(C)C(=O)n2ccnc2)cs1. The molecule has 6 heteroatoms. The van der Waals surface area contributed by atoms with Gasteiger partial charge in [-0.25, -0.2) is 14.8 Å². The quantitative estimate of drug-likeness (QED) is 0.856. The average Bonchev–Trinajstić information content (AvgIpc) is 2.98. The minimum absolute atomic E-state index is 0.105. The highest BCUT2D eigenvalue weighted by Gasteiger charge is 2.13. The predicted octanol–water partition coefficient (Wildman–Crippen LogP) is 2.56. The summed E-state index contributed by atoms with van der Waals surface area (Å²) in [5.74, 6) is 0.429. The van der Waals surface area contributed by atoms with Crippen LogP contribution in [0.25, 0.3) is 0 Å². The molecule has 5 nitrogen and oxygen atoms in total. The molecule has 2 aromatic rings. The largest absolute Gasteiger partial charge is 0.329 e. The zero-order valence-electron chi connectivity index (χ0n) is 10.7. The Hall–Kier alpha value is -1.69. The van der Waals surface area contributed by atoms with E-state index in [9.17, 15) is 4.79 Å². The number of amides is 1. The molecule has 0 radical (unpaired) electrons. The Bertz CT molecular complexity index is 518. The summed E-state index contributed by atoms with van der Waals surface area (Å²) in [6.07, 6.45) is 4.73. The van der Waals surface area contributed by atoms with E-state index in [0.717, 1.165) is 10.7 Å². The maximum atomic E-state index is 12.0. The summed E-state index contributed by atoms with van der Waals surface area (Å²) in [6.45, 7) is 4.74. The second kappa shape index (κ2) is 5.30. The van der Waals surface area contributed by atoms with Crippen molar-refractivity contribution in [1.82, 2.24) is 19.4 Å². The number of thiazole rings is 1. The number of carbonyl (C=O) groups excluding carboxylic acids is 1. The van der Waals surface area contributed by atoms with Gasteiger partial charge >= 0.3 is 6.03 Å². The standard InChI is InChI=1S/C12H16N4OS/c1-9(2)11-14-10(7-18-11)6-15(3)12(17)16-5-4-13-8-16/h4-5,7-9H,6H2,1-3H3. The van der Waals surface area contributed by atoms with Crippen molar-refractivity contribution in [2.24, 2.45) is 0 Å². The predicted molar refractivity (Wildman–Crippen MR) is 70.7 cm³/mol. The molecule has 0 saturated carbocycles. The fourth-order valence-corrected chi connectivity index (χ4v) is 2.37. The molecule has 0 aromatic carbocycles. The van der Waals surface area contributed by atoms with Gasteiger partial charge in [0.25, 0.3) is 0 Å². The summed E-state index contributed by atoms with van der Waals surface area (Å²) in [4.78, 5) is 22.0. The zero-order valence-corrected chi connectivity index (χ0v) is 11.5. The number of imidazole rings is 1. The molecule has 0 fully saturated rings. The Morgan fingerprint density at radius 2 is 2.33 bits per heavy atom. The first-order valence-corrected chi connectivity index (χ1v) is 6.63. The van der Waals surface area contributed by atoms with E-state index in [-0.39, 0.29) is 6.03 Å². The van der Waals surface area contributed by atoms with Crippen LogP contribution < -0.4 is 0 Å². The van der Waals surface area contributed by atoms with Crippen LogP contribution in [-0.4, -0.2) is 32.5 Å². The third-order valence-corrected chi connectivity index (χ3v) is 3.71. The maximum absolute atomic E-state index is 12.0. The summed E-state index contributed by atoms with van der Waals surface area (Å²) >= 11 is 1.64. The lowest BCUT2D eigenvalue weighted by molar-refractivity contribution is 0.208. The lowest BCUT2D eigenvalue weighted by Gasteiger charge is -2.15. The van der Waals surface area contributed by atoms with E-state index >= 15 is 0 Å². The summed E-state index contributed by atoms with van der Waals surface area (Å²) in [5, 5.41) is 3.11. The molecule has 2 heterocycles. The van der Waals surface area contributed by atoms with Crippen LogP contribution in [0.1, 0.15) is 30.5 Å². The van der Waals surface area contributed by atoms with Crippen LogP contribution in [0.2, 0.25) is 0 Å². The van der Waals surface area contributed by atoms with Gasteiger partial charge in [0.05, 0.1) is 17.2 Å². The molecule has 0 aliphatic carbocycles. The van der Waals surface area contributed by atoms with Crippen molar-refractivity contribution >= 4 is 17.4 Å². The number of hydrogen-bond acceptors (Lipinski definition) is 4. The lowest BCUT2D eigenvalue weighted by atomic mass is 10.2. The van der Waals surface area contributed by atoms with Gasteiger partial charge in [-0.3, -0.25) is 4.57 Å². The van der Waals surface area contributed by atoms with Crippen molar-refractivity contribution in [1.29, 1.82) is 0 Å². The molecule has 0 bridgehead atoms. The van der Waals surface area contributed by atoms with Crippen LogP contribution in [0.15, 0.2) is 24.1 Å². The molecule has 0 saturated heterocycles. The van der Waals surface area contributed by atoms with E-state index in [1.54, 1.807) is 35.7 Å². The number of hydrogen-bond donors (Lipinski definition) is 0. The van der Waals surface area contributed by atoms with Crippen LogP contribution in [0.5, 0.6) is 0 Å². The summed E-state index contributed by atoms with van der Waals surface area (Å²) in [5.41, 5.74) is 0.930. The van der Waals surface area contributed by atoms with Gasteiger partial charge in [-0.1, -0.05) is 13.8 Å². The fraction of sp³-hybridized carbons (Fsp3) is 0.417. The number of rotatable bonds is 3. The van der Waals surface area contributed by atoms with Gasteiger partial charge in [0.15, 0.2) is 0 Å². The number of nitrogens with zero attached hydrogens (tertiary/aromatic N) is 4. The maximum Gasteiger partial charge on any atom is 0.329 e. The van der Waals surface area contributed by atoms with Crippen LogP contribution in [0.4, 0.5) is 4.79 Å². The molecular formula is C12H16N4OS. The van der Waals surface area contributed by atoms with Gasteiger partial charge in [0.1, 0.15) is 6.33 Å². The van der Waals surface area contributed by atoms with Gasteiger partial charge in [-0.05, 0) is 0 Å². The molecule has 1 amide bonds. The highest BCUT2D eigenvalue weighted by molar-refractivity contribution is 7.09. The number of aromatic nitrogens is 3. The van der Waals surface area contributed by atoms with Crippen molar-refractivity contribution in [3.8, 4) is 0 Å². The molecule has 2 aromatic heterocycles. The summed E-state index contributed by atoms with van der Waals surface area (Å²) < 4.78 is 1.45. The Balaban J connectivity index is 2.02. The third kappa shape index (κ3) is 2.76. The second-order valence-corrected chi connectivity index (χ2v) is 5.33. The monoisotopic (exact) mass is 264 g/mol. The minimum Gasteiger partial charge on any atom is -0.321 e. The topological polar surface area (TPSA) is 51.0 Å². The Labute approximate surface area is 110 Å². The van der Waals surface area contributed by atoms with Crippen molar-refractivity contribution < 1.29 is 4.79 Å². The smallest absolute Gasteiger partial charge is 0.321 e. The molecule has 0 unspecified atom stereocenters. The first kappa shape index (κ1) is 12.8. The first-order chi connectivity index (χ1) is 8.58. The molecular weight excluding hydrogens is 248 g/mol. The Morgan fingerprint density at radius 3 is 2.89 bits per heavy atom. The van der Waals surface area contributed by atoms with Crippen molar-refractivity contribution in [2.45, 2.75) is 26.3 Å². The molecule has 2 rings (SSSR count). The van der Waals surface area contributed by atoms with Gasteiger partial charge < -0.3 is 4.90 Å². The Kier molecular flexibility index (Phi) is 3.76. The van der Waals surface area contributed by atoms with Crippen molar-refractivity contribution in [3.05, 3.63) is 34.8 Å². The van der Waals surface area contributed by atoms with Gasteiger partial charge in [0.2, 0.25) is 0 Å². The molecule has 0 N–H and O–H groups in total. The highest BCUT2D eigenvalue weighted by atomic mass is 32.1. The van der Waals surface area contributed by atoms with Gasteiger partial charge in [-0.2, -0.15) is 0 Å². The third-order valence-electron chi connectivity index (χ3n) is 2.51. The van der Waals surface area contributed by atoms with Crippen molar-refractivity contribution in [3.63, 3.8) is 0 Å². The van der Waals surface area contributed by atoms with Gasteiger partial charge in [0, 0.05) is 30.7 Å². The van der Waals surface area contributed by atoms with Gasteiger partial charge in [-0.15, -0.1) is 11.3 Å². The van der Waals surface area contributed by atoms with Crippen LogP contribution in [-0.2, 0) is 6.54 Å². The van der Waals surface area contributed by atoms with E-state index in [0.29, 0.717) is 12.5 Å². The van der Waals surface area contributed by atoms with E-state index in [1.165, 1.54) is 10.9 Å². The average molecular weight is 264 g/mol. The fourth-order valence-electron chi connectivity index (χ4n) is 1.54. The van der Waals surface area contributed by atoms with Crippen LogP contribution in [0, 0.1) is 0 Å². The zero-order chi connectivity index (χ0) is 13.1. The highest BCUT2D eigenvalue weighted by Crippen LogP contribution is 2.19. The lowest BCUT2D eigenvalue weighted by Crippen LogP contribution is -2.29. The number of carbonyl (C=O) groups is 1. The van der Waals surface area contributed by atoms with E-state index in [4.69, 9.17) is 0 Å². The van der Waals surface area contributed by atoms with Crippen LogP contribution >= 0.6 is 11.3 Å². The minimum atomic E-state index is -0.105.